The number of fused-ring (bicyclic) bond motifs is 3. The van der Waals surface area contributed by atoms with Gasteiger partial charge in [-0.2, -0.15) is 0 Å². The molecule has 0 aromatic heterocycles. The number of hydrogen-bond donors (Lipinski definition) is 2. The highest BCUT2D eigenvalue weighted by Gasteiger charge is 2.78. The number of phenols is 1. The Kier molecular flexibility index (Phi) is 7.20. The average molecular weight is 609 g/mol. The zero-order valence-corrected chi connectivity index (χ0v) is 26.7. The Balaban J connectivity index is 1.91. The van der Waals surface area contributed by atoms with E-state index in [1.54, 1.807) is 13.8 Å². The van der Waals surface area contributed by atoms with Gasteiger partial charge in [-0.3, -0.25) is 9.59 Å². The van der Waals surface area contributed by atoms with Crippen molar-refractivity contribution >= 4 is 23.5 Å². The van der Waals surface area contributed by atoms with Crippen LogP contribution in [0.25, 0.3) is 0 Å². The largest absolute Gasteiger partial charge is 0.507 e. The van der Waals surface area contributed by atoms with Gasteiger partial charge in [0.1, 0.15) is 28.9 Å². The van der Waals surface area contributed by atoms with Crippen LogP contribution in [0.1, 0.15) is 89.7 Å². The first-order valence-electron chi connectivity index (χ1n) is 14.8. The minimum atomic E-state index is -2.06. The molecule has 0 radical (unpaired) electrons. The van der Waals surface area contributed by atoms with E-state index in [2.05, 4.69) is 0 Å². The summed E-state index contributed by atoms with van der Waals surface area (Å²) in [5.41, 5.74) is -4.20. The molecule has 1 aromatic carbocycles. The molecule has 0 unspecified atom stereocenters. The summed E-state index contributed by atoms with van der Waals surface area (Å²) in [6, 6.07) is 0. The highest BCUT2D eigenvalue weighted by Crippen LogP contribution is 2.65. The smallest absolute Gasteiger partial charge is 0.343 e. The first-order chi connectivity index (χ1) is 20.4. The van der Waals surface area contributed by atoms with Crippen molar-refractivity contribution < 1.29 is 48.3 Å². The number of methoxy groups -OCH3 is 1. The van der Waals surface area contributed by atoms with E-state index in [-0.39, 0.29) is 59.4 Å². The van der Waals surface area contributed by atoms with Gasteiger partial charge in [0, 0.05) is 40.9 Å². The highest BCUT2D eigenvalue weighted by atomic mass is 16.6. The molecule has 1 saturated heterocycles. The van der Waals surface area contributed by atoms with E-state index < -0.39 is 45.9 Å². The zero-order chi connectivity index (χ0) is 32.7. The van der Waals surface area contributed by atoms with Crippen LogP contribution in [0.15, 0.2) is 34.9 Å². The lowest BCUT2D eigenvalue weighted by Crippen LogP contribution is -2.67. The van der Waals surface area contributed by atoms with Gasteiger partial charge in [-0.25, -0.2) is 9.59 Å². The van der Waals surface area contributed by atoms with Gasteiger partial charge >= 0.3 is 11.9 Å². The molecule has 10 nitrogen and oxygen atoms in total. The topological polar surface area (TPSA) is 146 Å². The summed E-state index contributed by atoms with van der Waals surface area (Å²) in [6.07, 6.45) is 3.91. The molecule has 1 spiro atoms. The number of carbonyl (C=O) groups is 4. The van der Waals surface area contributed by atoms with Gasteiger partial charge in [0.2, 0.25) is 11.4 Å². The molecule has 1 aliphatic carbocycles. The molecular formula is C34H40O10. The van der Waals surface area contributed by atoms with E-state index >= 15 is 0 Å². The molecule has 0 saturated carbocycles. The number of carboxylic acids is 1. The van der Waals surface area contributed by atoms with Crippen molar-refractivity contribution in [3.05, 3.63) is 51.6 Å². The predicted octanol–water partition coefficient (Wildman–Crippen LogP) is 4.93. The molecule has 0 amide bonds. The first-order valence-corrected chi connectivity index (χ1v) is 14.8. The van der Waals surface area contributed by atoms with Gasteiger partial charge < -0.3 is 29.2 Å². The van der Waals surface area contributed by atoms with Gasteiger partial charge in [-0.1, -0.05) is 31.6 Å². The highest BCUT2D eigenvalue weighted by molar-refractivity contribution is 6.19. The Labute approximate surface area is 256 Å². The number of rotatable bonds is 6. The third-order valence-electron chi connectivity index (χ3n) is 9.91. The number of hydrogen-bond acceptors (Lipinski definition) is 9. The van der Waals surface area contributed by atoms with Crippen molar-refractivity contribution in [3.63, 3.8) is 0 Å². The Morgan fingerprint density at radius 3 is 2.34 bits per heavy atom. The van der Waals surface area contributed by atoms with Crippen molar-refractivity contribution in [1.82, 2.24) is 0 Å². The van der Waals surface area contributed by atoms with Crippen LogP contribution in [-0.2, 0) is 35.7 Å². The number of esters is 1. The number of ether oxygens (including phenoxy) is 4. The molecule has 3 heterocycles. The maximum absolute atomic E-state index is 14.8. The van der Waals surface area contributed by atoms with Gasteiger partial charge in [0.05, 0.1) is 18.3 Å². The summed E-state index contributed by atoms with van der Waals surface area (Å²) in [5, 5.41) is 21.4. The normalized spacial score (nSPS) is 29.3. The fraction of sp³-hybridized carbons (Fsp3) is 0.529. The summed E-state index contributed by atoms with van der Waals surface area (Å²) in [5.74, 6) is -3.84. The number of phenolic OH excluding ortho intramolecular Hbond substituents is 1. The maximum Gasteiger partial charge on any atom is 0.343 e. The lowest BCUT2D eigenvalue weighted by molar-refractivity contribution is -0.188. The van der Waals surface area contributed by atoms with Crippen LogP contribution >= 0.6 is 0 Å². The Morgan fingerprint density at radius 1 is 1.09 bits per heavy atom. The summed E-state index contributed by atoms with van der Waals surface area (Å²) < 4.78 is 25.2. The molecule has 4 atom stereocenters. The van der Waals surface area contributed by atoms with Crippen LogP contribution in [0, 0.1) is 5.92 Å². The summed E-state index contributed by atoms with van der Waals surface area (Å²) >= 11 is 0. The first kappa shape index (κ1) is 31.5. The second kappa shape index (κ2) is 10.1. The van der Waals surface area contributed by atoms with Crippen molar-refractivity contribution in [2.45, 2.75) is 103 Å². The van der Waals surface area contributed by atoms with Crippen molar-refractivity contribution in [2.75, 3.05) is 7.11 Å². The average Bonchev–Trinajstić information content (AvgIpc) is 3.28. The standard InChI is InChI=1S/C34H40O10/c1-16(2)10-11-20-25(36)23-26(37)21-14-19(35)15-22-32(7,8)44-33(30(40)41-9,13-12-17(3)29(38)39)34(21,22)43-28(23)24-27(20)42-18(4)31(24,5)6/h10,12,14,18,22,36H,11,13,15H2,1-9H3,(H,38,39)/b17-12+/t18-,22+,33+,34-/m0/s1. The lowest BCUT2D eigenvalue weighted by Gasteiger charge is -2.50. The van der Waals surface area contributed by atoms with Crippen LogP contribution in [0.2, 0.25) is 0 Å². The molecule has 10 heteroatoms. The SMILES string of the molecule is COC(=O)[C@@]1(C/C=C(\C)C(=O)O)OC(C)(C)[C@H]2CC(=O)C=C3C(=O)c4c(O)c(CC=C(C)C)c5c(c4O[C@@]321)C(C)(C)[C@H](C)O5. The molecule has 5 rings (SSSR count). The fourth-order valence-corrected chi connectivity index (χ4v) is 7.24. The summed E-state index contributed by atoms with van der Waals surface area (Å²) in [6.45, 7) is 14.4. The monoisotopic (exact) mass is 608 g/mol. The van der Waals surface area contributed by atoms with Crippen molar-refractivity contribution in [2.24, 2.45) is 5.92 Å². The van der Waals surface area contributed by atoms with Crippen molar-refractivity contribution in [1.29, 1.82) is 0 Å². The number of ketones is 2. The van der Waals surface area contributed by atoms with Gasteiger partial charge in [0.15, 0.2) is 11.4 Å². The van der Waals surface area contributed by atoms with Crippen molar-refractivity contribution in [3.8, 4) is 17.2 Å². The van der Waals surface area contributed by atoms with Crippen LogP contribution < -0.4 is 9.47 Å². The number of allylic oxidation sites excluding steroid dienone is 3. The van der Waals surface area contributed by atoms with E-state index in [4.69, 9.17) is 18.9 Å². The maximum atomic E-state index is 14.8. The minimum absolute atomic E-state index is 0.0553. The van der Waals surface area contributed by atoms with E-state index in [1.165, 1.54) is 26.2 Å². The molecular weight excluding hydrogens is 568 g/mol. The Bertz CT molecular complexity index is 1600. The van der Waals surface area contributed by atoms with Gasteiger partial charge in [0.25, 0.3) is 0 Å². The fourth-order valence-electron chi connectivity index (χ4n) is 7.24. The van der Waals surface area contributed by atoms with E-state index in [0.29, 0.717) is 16.9 Å². The van der Waals surface area contributed by atoms with E-state index in [9.17, 15) is 29.4 Å². The second-order valence-corrected chi connectivity index (χ2v) is 13.6. The minimum Gasteiger partial charge on any atom is -0.507 e. The van der Waals surface area contributed by atoms with E-state index in [1.807, 2.05) is 40.7 Å². The number of carboxylic acid groups (broad SMARTS) is 1. The van der Waals surface area contributed by atoms with Gasteiger partial charge in [-0.05, 0) is 54.0 Å². The predicted molar refractivity (Wildman–Crippen MR) is 159 cm³/mol. The molecule has 0 bridgehead atoms. The molecule has 1 aromatic rings. The molecule has 4 aliphatic rings. The van der Waals surface area contributed by atoms with E-state index in [0.717, 1.165) is 5.57 Å². The van der Waals surface area contributed by atoms with Crippen LogP contribution in [0.5, 0.6) is 17.2 Å². The molecule has 3 aliphatic heterocycles. The summed E-state index contributed by atoms with van der Waals surface area (Å²) in [4.78, 5) is 53.8. The molecule has 236 valence electrons. The Morgan fingerprint density at radius 2 is 1.75 bits per heavy atom. The second-order valence-electron chi connectivity index (χ2n) is 13.6. The number of carbonyl (C=O) groups excluding carboxylic acids is 3. The van der Waals surface area contributed by atoms with Gasteiger partial charge in [-0.15, -0.1) is 0 Å². The van der Waals surface area contributed by atoms with Crippen LogP contribution in [-0.4, -0.2) is 63.7 Å². The van der Waals surface area contributed by atoms with Crippen LogP contribution in [0.4, 0.5) is 0 Å². The van der Waals surface area contributed by atoms with Crippen LogP contribution in [0.3, 0.4) is 0 Å². The zero-order valence-electron chi connectivity index (χ0n) is 26.7. The lowest BCUT2D eigenvalue weighted by atomic mass is 9.59. The third kappa shape index (κ3) is 4.09. The third-order valence-corrected chi connectivity index (χ3v) is 9.91. The molecule has 44 heavy (non-hydrogen) atoms. The number of Topliss-reactive ketones (excluding diaryl/α,β-unsaturated/α-hetero) is 1. The molecule has 2 N–H and O–H groups in total. The quantitative estimate of drug-likeness (QED) is 0.259. The number of aliphatic carboxylic acids is 1. The Hall–Kier alpha value is -3.92. The summed E-state index contributed by atoms with van der Waals surface area (Å²) in [7, 11) is 1.17. The number of aromatic hydroxyl groups is 1. The molecule has 1 fully saturated rings. The number of benzene rings is 1.